The molecule has 0 aromatic heterocycles. The molecule has 0 radical (unpaired) electrons. The molecule has 11 heavy (non-hydrogen) atoms. The monoisotopic (exact) mass is 160 g/mol. The molecule has 0 aromatic rings. The minimum Gasteiger partial charge on any atom is -0.385 e. The molecule has 0 unspecified atom stereocenters. The van der Waals surface area contributed by atoms with Crippen LogP contribution < -0.4 is 0 Å². The van der Waals surface area contributed by atoms with Gasteiger partial charge in [0.2, 0.25) is 0 Å². The van der Waals surface area contributed by atoms with Gasteiger partial charge in [-0.2, -0.15) is 0 Å². The SMILES string of the molecule is CCC(C)(C)C.CCCOC. The van der Waals surface area contributed by atoms with Gasteiger partial charge in [0.05, 0.1) is 0 Å². The van der Waals surface area contributed by atoms with E-state index < -0.39 is 0 Å². The van der Waals surface area contributed by atoms with Crippen LogP contribution in [-0.2, 0) is 4.74 Å². The van der Waals surface area contributed by atoms with Gasteiger partial charge in [0.25, 0.3) is 0 Å². The van der Waals surface area contributed by atoms with Gasteiger partial charge in [-0.15, -0.1) is 0 Å². The Hall–Kier alpha value is -0.0400. The molecule has 0 spiro atoms. The van der Waals surface area contributed by atoms with Crippen molar-refractivity contribution in [2.75, 3.05) is 13.7 Å². The van der Waals surface area contributed by atoms with E-state index in [0.717, 1.165) is 13.0 Å². The lowest BCUT2D eigenvalue weighted by Gasteiger charge is -2.12. The average Bonchev–Trinajstić information content (AvgIpc) is 1.90. The lowest BCUT2D eigenvalue weighted by molar-refractivity contribution is 0.199. The van der Waals surface area contributed by atoms with Gasteiger partial charge in [0.1, 0.15) is 0 Å². The van der Waals surface area contributed by atoms with Crippen molar-refractivity contribution in [3.8, 4) is 0 Å². The molecule has 1 nitrogen and oxygen atoms in total. The molecule has 0 aromatic carbocycles. The number of hydrogen-bond acceptors (Lipinski definition) is 1. The Labute approximate surface area is 72.1 Å². The highest BCUT2D eigenvalue weighted by atomic mass is 16.5. The summed E-state index contributed by atoms with van der Waals surface area (Å²) >= 11 is 0. The molecule has 0 amide bonds. The summed E-state index contributed by atoms with van der Waals surface area (Å²) in [4.78, 5) is 0. The van der Waals surface area contributed by atoms with E-state index in [9.17, 15) is 0 Å². The highest BCUT2D eigenvalue weighted by Crippen LogP contribution is 2.16. The molecular formula is C10H24O. The molecule has 0 aliphatic carbocycles. The Morgan fingerprint density at radius 3 is 1.45 bits per heavy atom. The number of methoxy groups -OCH3 is 1. The maximum atomic E-state index is 4.69. The summed E-state index contributed by atoms with van der Waals surface area (Å²) in [6, 6.07) is 0. The smallest absolute Gasteiger partial charge is 0.0459 e. The Morgan fingerprint density at radius 1 is 1.09 bits per heavy atom. The van der Waals surface area contributed by atoms with Crippen molar-refractivity contribution < 1.29 is 4.74 Å². The van der Waals surface area contributed by atoms with Crippen molar-refractivity contribution in [3.05, 3.63) is 0 Å². The third-order valence-electron chi connectivity index (χ3n) is 1.47. The summed E-state index contributed by atoms with van der Waals surface area (Å²) in [6.07, 6.45) is 2.39. The predicted molar refractivity (Wildman–Crippen MR) is 51.9 cm³/mol. The molecule has 0 aliphatic heterocycles. The number of rotatable bonds is 2. The van der Waals surface area contributed by atoms with E-state index in [2.05, 4.69) is 34.6 Å². The normalized spacial score (nSPS) is 10.4. The van der Waals surface area contributed by atoms with Crippen molar-refractivity contribution in [2.24, 2.45) is 5.41 Å². The zero-order valence-electron chi connectivity index (χ0n) is 9.03. The predicted octanol–water partition coefficient (Wildman–Crippen LogP) is 3.49. The topological polar surface area (TPSA) is 9.23 Å². The summed E-state index contributed by atoms with van der Waals surface area (Å²) in [7, 11) is 1.71. The van der Waals surface area contributed by atoms with Gasteiger partial charge < -0.3 is 4.74 Å². The van der Waals surface area contributed by atoms with E-state index in [1.165, 1.54) is 6.42 Å². The summed E-state index contributed by atoms with van der Waals surface area (Å²) in [5.41, 5.74) is 0.542. The second kappa shape index (κ2) is 8.06. The number of ether oxygens (including phenoxy) is 1. The van der Waals surface area contributed by atoms with Crippen LogP contribution in [0.2, 0.25) is 0 Å². The van der Waals surface area contributed by atoms with E-state index in [4.69, 9.17) is 4.74 Å². The average molecular weight is 160 g/mol. The standard InChI is InChI=1S/C6H14.C4H10O/c1-5-6(2,3)4;1-3-4-5-2/h5H2,1-4H3;3-4H2,1-2H3. The second-order valence-corrected chi connectivity index (χ2v) is 3.91. The summed E-state index contributed by atoms with van der Waals surface area (Å²) in [6.45, 7) is 11.9. The zero-order valence-corrected chi connectivity index (χ0v) is 9.03. The highest BCUT2D eigenvalue weighted by Gasteiger charge is 2.03. The molecule has 0 bridgehead atoms. The van der Waals surface area contributed by atoms with Gasteiger partial charge in [-0.25, -0.2) is 0 Å². The Morgan fingerprint density at radius 2 is 1.45 bits per heavy atom. The Bertz CT molecular complexity index is 59.8. The van der Waals surface area contributed by atoms with Crippen LogP contribution in [0, 0.1) is 5.41 Å². The van der Waals surface area contributed by atoms with E-state index in [0.29, 0.717) is 5.41 Å². The molecule has 0 fully saturated rings. The summed E-state index contributed by atoms with van der Waals surface area (Å²) < 4.78 is 4.69. The fourth-order valence-electron chi connectivity index (χ4n) is 0.204. The van der Waals surface area contributed by atoms with E-state index >= 15 is 0 Å². The second-order valence-electron chi connectivity index (χ2n) is 3.91. The van der Waals surface area contributed by atoms with Crippen LogP contribution in [0.25, 0.3) is 0 Å². The van der Waals surface area contributed by atoms with Crippen LogP contribution in [0.3, 0.4) is 0 Å². The highest BCUT2D eigenvalue weighted by molar-refractivity contribution is 4.55. The van der Waals surface area contributed by atoms with E-state index in [-0.39, 0.29) is 0 Å². The molecule has 1 heteroatoms. The minimum absolute atomic E-state index is 0.542. The van der Waals surface area contributed by atoms with Crippen molar-refractivity contribution in [3.63, 3.8) is 0 Å². The van der Waals surface area contributed by atoms with Crippen molar-refractivity contribution in [1.29, 1.82) is 0 Å². The molecule has 0 rings (SSSR count). The van der Waals surface area contributed by atoms with Gasteiger partial charge in [-0.3, -0.25) is 0 Å². The van der Waals surface area contributed by atoms with Crippen LogP contribution >= 0.6 is 0 Å². The first kappa shape index (κ1) is 13.5. The fraction of sp³-hybridized carbons (Fsp3) is 1.00. The molecule has 0 saturated heterocycles. The fourth-order valence-corrected chi connectivity index (χ4v) is 0.204. The van der Waals surface area contributed by atoms with Crippen LogP contribution in [0.4, 0.5) is 0 Å². The zero-order chi connectivity index (χ0) is 9.33. The quantitative estimate of drug-likeness (QED) is 0.601. The third kappa shape index (κ3) is 25.7. The first-order chi connectivity index (χ1) is 4.97. The van der Waals surface area contributed by atoms with Gasteiger partial charge in [-0.1, -0.05) is 41.0 Å². The van der Waals surface area contributed by atoms with Gasteiger partial charge in [-0.05, 0) is 11.8 Å². The van der Waals surface area contributed by atoms with Gasteiger partial charge >= 0.3 is 0 Å². The van der Waals surface area contributed by atoms with E-state index in [1.54, 1.807) is 7.11 Å². The molecule has 0 N–H and O–H groups in total. The maximum Gasteiger partial charge on any atom is 0.0459 e. The first-order valence-electron chi connectivity index (χ1n) is 4.46. The van der Waals surface area contributed by atoms with Crippen LogP contribution in [0.15, 0.2) is 0 Å². The third-order valence-corrected chi connectivity index (χ3v) is 1.47. The minimum atomic E-state index is 0.542. The molecule has 0 heterocycles. The number of hydrogen-bond donors (Lipinski definition) is 0. The Balaban J connectivity index is 0. The molecule has 0 aliphatic rings. The van der Waals surface area contributed by atoms with Crippen LogP contribution in [0.5, 0.6) is 0 Å². The van der Waals surface area contributed by atoms with Crippen LogP contribution in [0.1, 0.15) is 47.5 Å². The Kier molecular flexibility index (Phi) is 9.92. The van der Waals surface area contributed by atoms with Gasteiger partial charge in [0, 0.05) is 13.7 Å². The molecule has 70 valence electrons. The largest absolute Gasteiger partial charge is 0.385 e. The maximum absolute atomic E-state index is 4.69. The lowest BCUT2D eigenvalue weighted by Crippen LogP contribution is -2.00. The molecular weight excluding hydrogens is 136 g/mol. The van der Waals surface area contributed by atoms with Crippen molar-refractivity contribution >= 4 is 0 Å². The first-order valence-corrected chi connectivity index (χ1v) is 4.46. The summed E-state index contributed by atoms with van der Waals surface area (Å²) in [5.74, 6) is 0. The van der Waals surface area contributed by atoms with Crippen molar-refractivity contribution in [2.45, 2.75) is 47.5 Å². The summed E-state index contributed by atoms with van der Waals surface area (Å²) in [5, 5.41) is 0. The van der Waals surface area contributed by atoms with Gasteiger partial charge in [0.15, 0.2) is 0 Å². The van der Waals surface area contributed by atoms with Crippen molar-refractivity contribution in [1.82, 2.24) is 0 Å². The van der Waals surface area contributed by atoms with Crippen LogP contribution in [-0.4, -0.2) is 13.7 Å². The molecule has 0 atom stereocenters. The van der Waals surface area contributed by atoms with E-state index in [1.807, 2.05) is 0 Å². The molecule has 0 saturated carbocycles. The lowest BCUT2D eigenvalue weighted by atomic mass is 9.94.